The number of nitrogens with one attached hydrogen (secondary N) is 1. The van der Waals surface area contributed by atoms with Gasteiger partial charge in [-0.05, 0) is 43.2 Å². The standard InChI is InChI=1S/C17H27NO/c1-5-12(2)13(3)18-15-10-14(11-15)16-8-6-7-9-17(16)19-4/h6-9,12-15,18H,5,10-11H2,1-4H3. The highest BCUT2D eigenvalue weighted by molar-refractivity contribution is 5.37. The molecule has 0 amide bonds. The Hall–Kier alpha value is -1.02. The van der Waals surface area contributed by atoms with Crippen LogP contribution in [0.25, 0.3) is 0 Å². The lowest BCUT2D eigenvalue weighted by Gasteiger charge is -2.39. The van der Waals surface area contributed by atoms with Crippen LogP contribution in [-0.2, 0) is 0 Å². The number of benzene rings is 1. The van der Waals surface area contributed by atoms with E-state index in [2.05, 4.69) is 44.3 Å². The van der Waals surface area contributed by atoms with E-state index in [9.17, 15) is 0 Å². The van der Waals surface area contributed by atoms with E-state index in [1.807, 2.05) is 6.07 Å². The van der Waals surface area contributed by atoms with Crippen LogP contribution in [0.2, 0.25) is 0 Å². The molecule has 1 saturated carbocycles. The molecule has 2 heteroatoms. The highest BCUT2D eigenvalue weighted by Crippen LogP contribution is 2.41. The van der Waals surface area contributed by atoms with Gasteiger partial charge in [0.05, 0.1) is 7.11 Å². The molecule has 0 bridgehead atoms. The van der Waals surface area contributed by atoms with Crippen molar-refractivity contribution in [3.63, 3.8) is 0 Å². The van der Waals surface area contributed by atoms with Crippen molar-refractivity contribution in [1.29, 1.82) is 0 Å². The molecule has 0 aromatic heterocycles. The molecule has 0 radical (unpaired) electrons. The van der Waals surface area contributed by atoms with Crippen LogP contribution in [-0.4, -0.2) is 19.2 Å². The van der Waals surface area contributed by atoms with Gasteiger partial charge in [-0.3, -0.25) is 0 Å². The smallest absolute Gasteiger partial charge is 0.122 e. The minimum absolute atomic E-state index is 0.619. The molecule has 19 heavy (non-hydrogen) atoms. The number of para-hydroxylation sites is 1. The van der Waals surface area contributed by atoms with Gasteiger partial charge >= 0.3 is 0 Å². The average molecular weight is 261 g/mol. The van der Waals surface area contributed by atoms with Crippen LogP contribution in [0.1, 0.15) is 51.5 Å². The second kappa shape index (κ2) is 6.42. The molecule has 0 heterocycles. The molecule has 0 saturated heterocycles. The molecule has 106 valence electrons. The summed E-state index contributed by atoms with van der Waals surface area (Å²) in [6, 6.07) is 9.73. The summed E-state index contributed by atoms with van der Waals surface area (Å²) in [5.74, 6) is 2.46. The van der Waals surface area contributed by atoms with Gasteiger partial charge in [-0.1, -0.05) is 38.5 Å². The first kappa shape index (κ1) is 14.4. The van der Waals surface area contributed by atoms with Gasteiger partial charge < -0.3 is 10.1 Å². The summed E-state index contributed by atoms with van der Waals surface area (Å²) in [5.41, 5.74) is 1.37. The molecule has 2 atom stereocenters. The minimum atomic E-state index is 0.619. The molecule has 1 fully saturated rings. The Balaban J connectivity index is 1.86. The van der Waals surface area contributed by atoms with Gasteiger partial charge in [-0.2, -0.15) is 0 Å². The monoisotopic (exact) mass is 261 g/mol. The van der Waals surface area contributed by atoms with Crippen LogP contribution in [0.15, 0.2) is 24.3 Å². The third-order valence-electron chi connectivity index (χ3n) is 4.71. The third kappa shape index (κ3) is 3.30. The van der Waals surface area contributed by atoms with Crippen LogP contribution < -0.4 is 10.1 Å². The number of methoxy groups -OCH3 is 1. The van der Waals surface area contributed by atoms with Gasteiger partial charge in [0.15, 0.2) is 0 Å². The van der Waals surface area contributed by atoms with Crippen molar-refractivity contribution in [3.8, 4) is 5.75 Å². The predicted molar refractivity (Wildman–Crippen MR) is 80.8 cm³/mol. The average Bonchev–Trinajstić information content (AvgIpc) is 2.41. The van der Waals surface area contributed by atoms with Crippen molar-refractivity contribution in [1.82, 2.24) is 5.32 Å². The lowest BCUT2D eigenvalue weighted by atomic mass is 9.75. The Kier molecular flexibility index (Phi) is 4.87. The van der Waals surface area contributed by atoms with Crippen molar-refractivity contribution in [3.05, 3.63) is 29.8 Å². The fourth-order valence-electron chi connectivity index (χ4n) is 2.90. The van der Waals surface area contributed by atoms with E-state index >= 15 is 0 Å². The zero-order chi connectivity index (χ0) is 13.8. The highest BCUT2D eigenvalue weighted by atomic mass is 16.5. The largest absolute Gasteiger partial charge is 0.496 e. The molecule has 2 nitrogen and oxygen atoms in total. The van der Waals surface area contributed by atoms with Crippen LogP contribution in [0.5, 0.6) is 5.75 Å². The number of ether oxygens (including phenoxy) is 1. The molecule has 1 N–H and O–H groups in total. The highest BCUT2D eigenvalue weighted by Gasteiger charge is 2.32. The second-order valence-electron chi connectivity index (χ2n) is 5.95. The maximum atomic E-state index is 5.45. The summed E-state index contributed by atoms with van der Waals surface area (Å²) < 4.78 is 5.45. The van der Waals surface area contributed by atoms with Crippen LogP contribution >= 0.6 is 0 Å². The summed E-state index contributed by atoms with van der Waals surface area (Å²) in [6.07, 6.45) is 3.72. The van der Waals surface area contributed by atoms with Crippen LogP contribution in [0.3, 0.4) is 0 Å². The lowest BCUT2D eigenvalue weighted by Crippen LogP contribution is -2.46. The Morgan fingerprint density at radius 2 is 1.95 bits per heavy atom. The Bertz CT molecular complexity index is 398. The summed E-state index contributed by atoms with van der Waals surface area (Å²) >= 11 is 0. The fourth-order valence-corrected chi connectivity index (χ4v) is 2.90. The molecule has 1 aromatic carbocycles. The van der Waals surface area contributed by atoms with Gasteiger partial charge in [0.2, 0.25) is 0 Å². The molecule has 1 aliphatic rings. The zero-order valence-electron chi connectivity index (χ0n) is 12.6. The topological polar surface area (TPSA) is 21.3 Å². The third-order valence-corrected chi connectivity index (χ3v) is 4.71. The maximum absolute atomic E-state index is 5.45. The summed E-state index contributed by atoms with van der Waals surface area (Å²) in [5, 5.41) is 3.76. The lowest BCUT2D eigenvalue weighted by molar-refractivity contribution is 0.238. The van der Waals surface area contributed by atoms with Crippen molar-refractivity contribution in [2.45, 2.75) is 58.0 Å². The molecule has 0 aliphatic heterocycles. The first-order valence-electron chi connectivity index (χ1n) is 7.54. The first-order valence-corrected chi connectivity index (χ1v) is 7.54. The number of hydrogen-bond acceptors (Lipinski definition) is 2. The molecular weight excluding hydrogens is 234 g/mol. The number of hydrogen-bond donors (Lipinski definition) is 1. The summed E-state index contributed by atoms with van der Waals surface area (Å²) in [4.78, 5) is 0. The van der Waals surface area contributed by atoms with Gasteiger partial charge in [0, 0.05) is 12.1 Å². The van der Waals surface area contributed by atoms with Crippen molar-refractivity contribution >= 4 is 0 Å². The minimum Gasteiger partial charge on any atom is -0.496 e. The van der Waals surface area contributed by atoms with E-state index in [0.29, 0.717) is 18.0 Å². The van der Waals surface area contributed by atoms with Crippen LogP contribution in [0, 0.1) is 5.92 Å². The van der Waals surface area contributed by atoms with E-state index in [-0.39, 0.29) is 0 Å². The summed E-state index contributed by atoms with van der Waals surface area (Å²) in [7, 11) is 1.76. The first-order chi connectivity index (χ1) is 9.15. The molecular formula is C17H27NO. The zero-order valence-corrected chi connectivity index (χ0v) is 12.6. The van der Waals surface area contributed by atoms with E-state index in [1.165, 1.54) is 24.8 Å². The van der Waals surface area contributed by atoms with Gasteiger partial charge in [-0.25, -0.2) is 0 Å². The normalized spacial score (nSPS) is 25.5. The van der Waals surface area contributed by atoms with Crippen molar-refractivity contribution < 1.29 is 4.74 Å². The second-order valence-corrected chi connectivity index (χ2v) is 5.95. The van der Waals surface area contributed by atoms with Crippen LogP contribution in [0.4, 0.5) is 0 Å². The quantitative estimate of drug-likeness (QED) is 0.836. The fraction of sp³-hybridized carbons (Fsp3) is 0.647. The maximum Gasteiger partial charge on any atom is 0.122 e. The molecule has 2 unspecified atom stereocenters. The van der Waals surface area contributed by atoms with Crippen molar-refractivity contribution in [2.24, 2.45) is 5.92 Å². The van der Waals surface area contributed by atoms with E-state index in [1.54, 1.807) is 7.11 Å². The van der Waals surface area contributed by atoms with Gasteiger partial charge in [0.1, 0.15) is 5.75 Å². The van der Waals surface area contributed by atoms with Crippen molar-refractivity contribution in [2.75, 3.05) is 7.11 Å². The van der Waals surface area contributed by atoms with E-state index in [0.717, 1.165) is 11.7 Å². The Labute approximate surface area is 117 Å². The molecule has 2 rings (SSSR count). The van der Waals surface area contributed by atoms with E-state index < -0.39 is 0 Å². The molecule has 1 aliphatic carbocycles. The Morgan fingerprint density at radius 1 is 1.26 bits per heavy atom. The SMILES string of the molecule is CCC(C)C(C)NC1CC(c2ccccc2OC)C1. The molecule has 0 spiro atoms. The number of rotatable bonds is 6. The molecule has 1 aromatic rings. The van der Waals surface area contributed by atoms with Gasteiger partial charge in [-0.15, -0.1) is 0 Å². The predicted octanol–water partition coefficient (Wildman–Crippen LogP) is 3.97. The van der Waals surface area contributed by atoms with E-state index in [4.69, 9.17) is 4.74 Å². The Morgan fingerprint density at radius 3 is 2.58 bits per heavy atom. The van der Waals surface area contributed by atoms with Gasteiger partial charge in [0.25, 0.3) is 0 Å². The summed E-state index contributed by atoms with van der Waals surface area (Å²) in [6.45, 7) is 6.90.